The van der Waals surface area contributed by atoms with E-state index in [-0.39, 0.29) is 11.9 Å². The van der Waals surface area contributed by atoms with Gasteiger partial charge in [-0.3, -0.25) is 4.79 Å². The Morgan fingerprint density at radius 3 is 2.56 bits per heavy atom. The number of aromatic amines is 1. The number of fused-ring (bicyclic) bond motifs is 1. The van der Waals surface area contributed by atoms with Crippen molar-refractivity contribution >= 4 is 16.8 Å². The highest BCUT2D eigenvalue weighted by Crippen LogP contribution is 2.21. The summed E-state index contributed by atoms with van der Waals surface area (Å²) >= 11 is 0. The molecule has 27 heavy (non-hydrogen) atoms. The lowest BCUT2D eigenvalue weighted by molar-refractivity contribution is -0.134. The summed E-state index contributed by atoms with van der Waals surface area (Å²) in [6.45, 7) is 2.53. The third-order valence-corrected chi connectivity index (χ3v) is 5.47. The van der Waals surface area contributed by atoms with Crippen LogP contribution < -0.4 is 5.32 Å². The van der Waals surface area contributed by atoms with Crippen LogP contribution in [0.15, 0.2) is 60.8 Å². The van der Waals surface area contributed by atoms with Crippen molar-refractivity contribution in [1.82, 2.24) is 15.2 Å². The number of likely N-dealkylation sites (tertiary alicyclic amines) is 1. The second kappa shape index (κ2) is 8.40. The summed E-state index contributed by atoms with van der Waals surface area (Å²) in [5.74, 6) is 0.208. The number of hydrogen-bond acceptors (Lipinski definition) is 2. The molecule has 4 heteroatoms. The Morgan fingerprint density at radius 1 is 1.00 bits per heavy atom. The average molecular weight is 361 g/mol. The van der Waals surface area contributed by atoms with Crippen LogP contribution in [0.4, 0.5) is 0 Å². The Hall–Kier alpha value is -2.59. The number of nitrogens with zero attached hydrogens (tertiary/aromatic N) is 1. The average Bonchev–Trinajstić information content (AvgIpc) is 3.15. The summed E-state index contributed by atoms with van der Waals surface area (Å²) in [5.41, 5.74) is 3.50. The van der Waals surface area contributed by atoms with Crippen molar-refractivity contribution in [1.29, 1.82) is 0 Å². The van der Waals surface area contributed by atoms with Crippen molar-refractivity contribution in [2.45, 2.75) is 31.7 Å². The monoisotopic (exact) mass is 361 g/mol. The number of piperidine rings is 1. The first-order valence-electron chi connectivity index (χ1n) is 9.95. The Kier molecular flexibility index (Phi) is 5.54. The lowest BCUT2D eigenvalue weighted by Crippen LogP contribution is -2.43. The first kappa shape index (κ1) is 17.8. The van der Waals surface area contributed by atoms with Crippen LogP contribution in [0.5, 0.6) is 0 Å². The normalized spacial score (nSPS) is 15.8. The highest BCUT2D eigenvalue weighted by molar-refractivity contribution is 5.84. The van der Waals surface area contributed by atoms with Gasteiger partial charge >= 0.3 is 0 Å². The minimum atomic E-state index is -0.269. The zero-order valence-corrected chi connectivity index (χ0v) is 15.7. The lowest BCUT2D eigenvalue weighted by atomic mass is 10.0. The number of amides is 1. The van der Waals surface area contributed by atoms with Crippen molar-refractivity contribution in [2.75, 3.05) is 19.6 Å². The van der Waals surface area contributed by atoms with E-state index < -0.39 is 0 Å². The minimum Gasteiger partial charge on any atom is -0.361 e. The van der Waals surface area contributed by atoms with Crippen molar-refractivity contribution in [2.24, 2.45) is 0 Å². The van der Waals surface area contributed by atoms with Crippen molar-refractivity contribution < 1.29 is 4.79 Å². The highest BCUT2D eigenvalue weighted by atomic mass is 16.2. The predicted molar refractivity (Wildman–Crippen MR) is 110 cm³/mol. The van der Waals surface area contributed by atoms with E-state index in [1.54, 1.807) is 0 Å². The smallest absolute Gasteiger partial charge is 0.244 e. The third kappa shape index (κ3) is 4.06. The molecule has 1 atom stereocenters. The predicted octanol–water partition coefficient (Wildman–Crippen LogP) is 4.05. The number of H-pyrrole nitrogens is 1. The molecule has 4 rings (SSSR count). The van der Waals surface area contributed by atoms with Gasteiger partial charge in [-0.15, -0.1) is 0 Å². The van der Waals surface area contributed by atoms with Crippen LogP contribution in [-0.4, -0.2) is 35.4 Å². The number of hydrogen-bond donors (Lipinski definition) is 2. The minimum absolute atomic E-state index is 0.208. The van der Waals surface area contributed by atoms with Gasteiger partial charge in [-0.05, 0) is 42.9 Å². The summed E-state index contributed by atoms with van der Waals surface area (Å²) in [4.78, 5) is 18.5. The molecule has 3 aromatic rings. The first-order chi connectivity index (χ1) is 13.3. The molecule has 0 radical (unpaired) electrons. The largest absolute Gasteiger partial charge is 0.361 e. The molecule has 2 aromatic carbocycles. The molecule has 1 aromatic heterocycles. The van der Waals surface area contributed by atoms with Crippen LogP contribution in [0.2, 0.25) is 0 Å². The fraction of sp³-hybridized carbons (Fsp3) is 0.348. The number of aromatic nitrogens is 1. The quantitative estimate of drug-likeness (QED) is 0.696. The van der Waals surface area contributed by atoms with Gasteiger partial charge in [0.25, 0.3) is 0 Å². The maximum atomic E-state index is 13.2. The topological polar surface area (TPSA) is 48.1 Å². The van der Waals surface area contributed by atoms with E-state index in [1.165, 1.54) is 17.4 Å². The Morgan fingerprint density at radius 2 is 1.74 bits per heavy atom. The molecule has 0 aliphatic carbocycles. The van der Waals surface area contributed by atoms with E-state index in [4.69, 9.17) is 0 Å². The fourth-order valence-electron chi connectivity index (χ4n) is 3.98. The Labute approximate surface area is 160 Å². The molecule has 1 fully saturated rings. The molecule has 0 spiro atoms. The van der Waals surface area contributed by atoms with E-state index in [0.29, 0.717) is 0 Å². The van der Waals surface area contributed by atoms with Crippen LogP contribution >= 0.6 is 0 Å². The third-order valence-electron chi connectivity index (χ3n) is 5.47. The number of benzene rings is 2. The van der Waals surface area contributed by atoms with Gasteiger partial charge in [0, 0.05) is 36.7 Å². The molecule has 1 aliphatic heterocycles. The summed E-state index contributed by atoms with van der Waals surface area (Å²) < 4.78 is 0. The molecule has 2 N–H and O–H groups in total. The zero-order chi connectivity index (χ0) is 18.5. The molecule has 0 unspecified atom stereocenters. The van der Waals surface area contributed by atoms with Crippen molar-refractivity contribution in [3.8, 4) is 0 Å². The van der Waals surface area contributed by atoms with Gasteiger partial charge in [-0.2, -0.15) is 0 Å². The Bertz CT molecular complexity index is 881. The van der Waals surface area contributed by atoms with Gasteiger partial charge < -0.3 is 15.2 Å². The molecule has 140 valence electrons. The second-order valence-corrected chi connectivity index (χ2v) is 7.29. The standard InChI is InChI=1S/C23H27N3O/c27-23(26-15-7-2-8-16-26)22(18-9-3-1-4-10-18)24-14-13-19-17-25-21-12-6-5-11-20(19)21/h1,3-6,9-12,17,22,24-25H,2,7-8,13-16H2/t22-/m0/s1. The summed E-state index contributed by atoms with van der Waals surface area (Å²) in [6.07, 6.45) is 6.43. The van der Waals surface area contributed by atoms with Gasteiger partial charge in [-0.25, -0.2) is 0 Å². The molecule has 0 bridgehead atoms. The Balaban J connectivity index is 1.46. The molecule has 4 nitrogen and oxygen atoms in total. The van der Waals surface area contributed by atoms with Crippen LogP contribution in [0.1, 0.15) is 36.4 Å². The SMILES string of the molecule is O=C([C@@H](NCCc1c[nH]c2ccccc12)c1ccccc1)N1CCCCC1. The van der Waals surface area contributed by atoms with E-state index in [2.05, 4.69) is 34.7 Å². The van der Waals surface area contributed by atoms with Crippen molar-refractivity contribution in [3.05, 3.63) is 71.9 Å². The van der Waals surface area contributed by atoms with Crippen LogP contribution in [0.25, 0.3) is 10.9 Å². The number of nitrogens with one attached hydrogen (secondary N) is 2. The van der Waals surface area contributed by atoms with Crippen molar-refractivity contribution in [3.63, 3.8) is 0 Å². The van der Waals surface area contributed by atoms with Gasteiger partial charge in [0.1, 0.15) is 6.04 Å². The molecule has 1 amide bonds. The van der Waals surface area contributed by atoms with E-state index in [9.17, 15) is 4.79 Å². The number of para-hydroxylation sites is 1. The maximum absolute atomic E-state index is 13.2. The second-order valence-electron chi connectivity index (χ2n) is 7.29. The van der Waals surface area contributed by atoms with Gasteiger partial charge in [0.15, 0.2) is 0 Å². The summed E-state index contributed by atoms with van der Waals surface area (Å²) in [7, 11) is 0. The number of rotatable bonds is 6. The van der Waals surface area contributed by atoms with Crippen LogP contribution in [-0.2, 0) is 11.2 Å². The van der Waals surface area contributed by atoms with Gasteiger partial charge in [0.05, 0.1) is 0 Å². The zero-order valence-electron chi connectivity index (χ0n) is 15.7. The molecule has 2 heterocycles. The number of carbonyl (C=O) groups excluding carboxylic acids is 1. The van der Waals surface area contributed by atoms with E-state index in [0.717, 1.165) is 50.0 Å². The van der Waals surface area contributed by atoms with E-state index in [1.807, 2.05) is 41.3 Å². The van der Waals surface area contributed by atoms with Crippen LogP contribution in [0, 0.1) is 0 Å². The maximum Gasteiger partial charge on any atom is 0.244 e. The van der Waals surface area contributed by atoms with Crippen LogP contribution in [0.3, 0.4) is 0 Å². The first-order valence-corrected chi connectivity index (χ1v) is 9.95. The summed E-state index contributed by atoms with van der Waals surface area (Å²) in [5, 5.41) is 4.79. The number of carbonyl (C=O) groups is 1. The lowest BCUT2D eigenvalue weighted by Gasteiger charge is -2.31. The molecule has 0 saturated carbocycles. The molecule has 1 saturated heterocycles. The summed E-state index contributed by atoms with van der Waals surface area (Å²) in [6, 6.07) is 18.2. The molecule has 1 aliphatic rings. The molecular weight excluding hydrogens is 334 g/mol. The van der Waals surface area contributed by atoms with Gasteiger partial charge in [0.2, 0.25) is 5.91 Å². The highest BCUT2D eigenvalue weighted by Gasteiger charge is 2.26. The molecular formula is C23H27N3O. The van der Waals surface area contributed by atoms with Gasteiger partial charge in [-0.1, -0.05) is 48.5 Å². The van der Waals surface area contributed by atoms with E-state index >= 15 is 0 Å². The fourth-order valence-corrected chi connectivity index (χ4v) is 3.98.